The van der Waals surface area contributed by atoms with E-state index in [0.717, 1.165) is 0 Å². The molecule has 0 saturated heterocycles. The van der Waals surface area contributed by atoms with Gasteiger partial charge in [0.1, 0.15) is 22.2 Å². The third kappa shape index (κ3) is 3.95. The summed E-state index contributed by atoms with van der Waals surface area (Å²) in [6.07, 6.45) is 0.0532. The van der Waals surface area contributed by atoms with Crippen molar-refractivity contribution in [2.75, 3.05) is 46.6 Å². The Balaban J connectivity index is 1.87. The number of amides is 1. The first-order valence-electron chi connectivity index (χ1n) is 11.7. The summed E-state index contributed by atoms with van der Waals surface area (Å²) in [5.74, 6) is -7.23. The second-order valence-corrected chi connectivity index (χ2v) is 10.5. The summed E-state index contributed by atoms with van der Waals surface area (Å²) >= 11 is 6.42. The first-order valence-corrected chi connectivity index (χ1v) is 12.1. The number of hydrogen-bond donors (Lipinski definition) is 6. The highest BCUT2D eigenvalue weighted by molar-refractivity contribution is 6.32. The Morgan fingerprint density at radius 2 is 1.86 bits per heavy atom. The van der Waals surface area contributed by atoms with Crippen molar-refractivity contribution in [2.45, 2.75) is 24.5 Å². The molecule has 0 aromatic carbocycles. The van der Waals surface area contributed by atoms with E-state index in [1.54, 1.807) is 14.1 Å². The van der Waals surface area contributed by atoms with Crippen LogP contribution in [-0.2, 0) is 16.0 Å². The Hall–Kier alpha value is -3.19. The molecule has 7 N–H and O–H groups in total. The van der Waals surface area contributed by atoms with Crippen LogP contribution in [0.15, 0.2) is 22.7 Å². The molecule has 3 aliphatic carbocycles. The van der Waals surface area contributed by atoms with Gasteiger partial charge in [0.15, 0.2) is 23.0 Å². The molecule has 200 valence electrons. The zero-order valence-electron chi connectivity index (χ0n) is 20.9. The Labute approximate surface area is 218 Å². The quantitative estimate of drug-likeness (QED) is 0.214. The van der Waals surface area contributed by atoms with Gasteiger partial charge in [-0.2, -0.15) is 0 Å². The number of nitrogens with zero attached hydrogens (tertiary/aromatic N) is 3. The molecule has 0 saturated carbocycles. The van der Waals surface area contributed by atoms with E-state index in [0.29, 0.717) is 13.1 Å². The number of fused-ring (bicyclic) bond motifs is 3. The number of rotatable bonds is 6. The zero-order chi connectivity index (χ0) is 27.6. The standard InChI is InChI=1S/C24H30ClN5O7/c1-29(2)6-5-27-23-18(33)13-10(21(25)28-23)7-9-8-11-15(30(3)4)17(32)14(22(26)36)20(35)24(11,37)19(34)12(9)16(13)31/h9,11,15,32-34,37H,5-8H2,1-4H3,(H2,26,36)(H,27,28)/t9-,11-,15-,24-/m0/s1. The molecule has 13 heteroatoms. The molecule has 0 spiro atoms. The third-order valence-corrected chi connectivity index (χ3v) is 7.70. The lowest BCUT2D eigenvalue weighted by Crippen LogP contribution is -2.63. The molecule has 1 aromatic rings. The highest BCUT2D eigenvalue weighted by Crippen LogP contribution is 2.53. The largest absolute Gasteiger partial charge is 0.510 e. The lowest BCUT2D eigenvalue weighted by molar-refractivity contribution is -0.148. The number of halogens is 1. The van der Waals surface area contributed by atoms with Crippen LogP contribution in [0.25, 0.3) is 0 Å². The van der Waals surface area contributed by atoms with E-state index in [1.165, 1.54) is 4.90 Å². The SMILES string of the molecule is CN(C)CCNc1nc(Cl)c2c(c1O)C(=O)C1=C(O)[C@]3(O)C(=O)C(C(N)=O)=C(O)[C@@H](N(C)C)[C@@H]3C[C@@H]1C2. The number of carbonyl (C=O) groups is 3. The van der Waals surface area contributed by atoms with Crippen molar-refractivity contribution >= 4 is 34.9 Å². The van der Waals surface area contributed by atoms with Crippen LogP contribution in [-0.4, -0.2) is 106 Å². The maximum absolute atomic E-state index is 13.7. The number of aromatic hydroxyl groups is 1. The minimum atomic E-state index is -2.69. The third-order valence-electron chi connectivity index (χ3n) is 7.39. The second-order valence-electron chi connectivity index (χ2n) is 10.1. The van der Waals surface area contributed by atoms with Crippen LogP contribution in [0.1, 0.15) is 22.3 Å². The molecule has 0 bridgehead atoms. The fourth-order valence-corrected chi connectivity index (χ4v) is 5.94. The number of ketones is 2. The van der Waals surface area contributed by atoms with E-state index in [-0.39, 0.29) is 40.5 Å². The lowest BCUT2D eigenvalue weighted by Gasteiger charge is -2.50. The Morgan fingerprint density at radius 3 is 2.43 bits per heavy atom. The van der Waals surface area contributed by atoms with Crippen LogP contribution in [0.5, 0.6) is 5.75 Å². The van der Waals surface area contributed by atoms with Crippen LogP contribution in [0, 0.1) is 11.8 Å². The average molecular weight is 536 g/mol. The number of Topliss-reactive ketones (excluding diaryl/α,β-unsaturated/α-hetero) is 2. The summed E-state index contributed by atoms with van der Waals surface area (Å²) in [6.45, 7) is 0.991. The Morgan fingerprint density at radius 1 is 1.22 bits per heavy atom. The van der Waals surface area contributed by atoms with E-state index >= 15 is 0 Å². The molecular weight excluding hydrogens is 506 g/mol. The number of aromatic nitrogens is 1. The van der Waals surface area contributed by atoms with Gasteiger partial charge in [0.05, 0.1) is 11.6 Å². The normalized spacial score (nSPS) is 27.4. The fourth-order valence-electron chi connectivity index (χ4n) is 5.68. The molecule has 12 nitrogen and oxygen atoms in total. The number of hydrogen-bond acceptors (Lipinski definition) is 11. The first-order chi connectivity index (χ1) is 17.2. The van der Waals surface area contributed by atoms with Gasteiger partial charge < -0.3 is 36.4 Å². The summed E-state index contributed by atoms with van der Waals surface area (Å²) < 4.78 is 0. The topological polar surface area (TPSA) is 190 Å². The Kier molecular flexibility index (Phi) is 6.74. The fraction of sp³-hybridized carbons (Fsp3) is 0.500. The predicted molar refractivity (Wildman–Crippen MR) is 134 cm³/mol. The van der Waals surface area contributed by atoms with E-state index < -0.39 is 63.8 Å². The van der Waals surface area contributed by atoms with Crippen molar-refractivity contribution in [2.24, 2.45) is 17.6 Å². The molecule has 37 heavy (non-hydrogen) atoms. The van der Waals surface area contributed by atoms with Gasteiger partial charge in [-0.05, 0) is 47.0 Å². The number of primary amides is 1. The molecule has 3 aliphatic rings. The van der Waals surface area contributed by atoms with Crippen molar-refractivity contribution in [3.8, 4) is 5.75 Å². The highest BCUT2D eigenvalue weighted by Gasteiger charge is 2.63. The number of nitrogens with one attached hydrogen (secondary N) is 1. The maximum atomic E-state index is 13.7. The van der Waals surface area contributed by atoms with Gasteiger partial charge in [-0.25, -0.2) is 4.98 Å². The van der Waals surface area contributed by atoms with Crippen LogP contribution >= 0.6 is 11.6 Å². The van der Waals surface area contributed by atoms with Gasteiger partial charge in [0.25, 0.3) is 5.91 Å². The monoisotopic (exact) mass is 535 g/mol. The zero-order valence-corrected chi connectivity index (χ0v) is 21.6. The summed E-state index contributed by atoms with van der Waals surface area (Å²) in [7, 11) is 6.86. The minimum absolute atomic E-state index is 0.00415. The molecular formula is C24H30ClN5O7. The van der Waals surface area contributed by atoms with Crippen LogP contribution in [0.2, 0.25) is 5.15 Å². The van der Waals surface area contributed by atoms with E-state index in [1.807, 2.05) is 19.0 Å². The number of pyridine rings is 1. The molecule has 4 rings (SSSR count). The van der Waals surface area contributed by atoms with Gasteiger partial charge in [-0.1, -0.05) is 11.6 Å². The predicted octanol–water partition coefficient (Wildman–Crippen LogP) is 0.143. The molecule has 4 atom stereocenters. The minimum Gasteiger partial charge on any atom is -0.510 e. The van der Waals surface area contributed by atoms with Crippen LogP contribution < -0.4 is 11.1 Å². The number of aliphatic hydroxyl groups is 3. The number of allylic oxidation sites excluding steroid dienone is 1. The van der Waals surface area contributed by atoms with Crippen molar-refractivity contribution in [1.29, 1.82) is 0 Å². The number of anilines is 1. The van der Waals surface area contributed by atoms with Crippen molar-refractivity contribution in [1.82, 2.24) is 14.8 Å². The first kappa shape index (κ1) is 26.9. The average Bonchev–Trinajstić information content (AvgIpc) is 2.78. The van der Waals surface area contributed by atoms with Gasteiger partial charge in [0.2, 0.25) is 5.78 Å². The van der Waals surface area contributed by atoms with Crippen molar-refractivity contribution in [3.05, 3.63) is 38.9 Å². The summed E-state index contributed by atoms with van der Waals surface area (Å²) in [6, 6.07) is -1.06. The van der Waals surface area contributed by atoms with Crippen LogP contribution in [0.3, 0.4) is 0 Å². The highest BCUT2D eigenvalue weighted by atomic mass is 35.5. The summed E-state index contributed by atoms with van der Waals surface area (Å²) in [4.78, 5) is 46.6. The maximum Gasteiger partial charge on any atom is 0.255 e. The number of aliphatic hydroxyl groups excluding tert-OH is 2. The Bertz CT molecular complexity index is 1270. The lowest BCUT2D eigenvalue weighted by atomic mass is 9.58. The molecule has 1 heterocycles. The van der Waals surface area contributed by atoms with E-state index in [2.05, 4.69) is 10.3 Å². The van der Waals surface area contributed by atoms with Gasteiger partial charge in [-0.3, -0.25) is 19.3 Å². The molecule has 0 fully saturated rings. The van der Waals surface area contributed by atoms with E-state index in [9.17, 15) is 34.8 Å². The molecule has 1 amide bonds. The van der Waals surface area contributed by atoms with Gasteiger partial charge in [0, 0.05) is 30.1 Å². The van der Waals surface area contributed by atoms with Crippen molar-refractivity contribution in [3.63, 3.8) is 0 Å². The van der Waals surface area contributed by atoms with Gasteiger partial charge in [-0.15, -0.1) is 0 Å². The summed E-state index contributed by atoms with van der Waals surface area (Å²) in [5.41, 5.74) is 1.63. The van der Waals surface area contributed by atoms with E-state index in [4.69, 9.17) is 17.3 Å². The number of likely N-dealkylation sites (N-methyl/N-ethyl adjacent to an activating group) is 2. The van der Waals surface area contributed by atoms with Crippen LogP contribution in [0.4, 0.5) is 5.82 Å². The number of nitrogens with two attached hydrogens (primary N) is 1. The summed E-state index contributed by atoms with van der Waals surface area (Å²) in [5, 5.41) is 47.5. The van der Waals surface area contributed by atoms with Crippen molar-refractivity contribution < 1.29 is 34.8 Å². The molecule has 0 radical (unpaired) electrons. The number of carbonyl (C=O) groups excluding carboxylic acids is 3. The molecule has 1 aromatic heterocycles. The smallest absolute Gasteiger partial charge is 0.255 e. The van der Waals surface area contributed by atoms with Gasteiger partial charge >= 0.3 is 0 Å². The second kappa shape index (κ2) is 9.28. The molecule has 0 unspecified atom stereocenters. The molecule has 0 aliphatic heterocycles.